The van der Waals surface area contributed by atoms with Gasteiger partial charge in [-0.2, -0.15) is 0 Å². The van der Waals surface area contributed by atoms with E-state index >= 15 is 0 Å². The monoisotopic (exact) mass is 352 g/mol. The van der Waals surface area contributed by atoms with Crippen molar-refractivity contribution < 1.29 is 14.6 Å². The van der Waals surface area contributed by atoms with Crippen LogP contribution in [0, 0.1) is 0 Å². The summed E-state index contributed by atoms with van der Waals surface area (Å²) in [5, 5.41) is 9.19. The van der Waals surface area contributed by atoms with Crippen LogP contribution in [0.5, 0.6) is 0 Å². The van der Waals surface area contributed by atoms with Crippen LogP contribution in [-0.2, 0) is 29.2 Å². The van der Waals surface area contributed by atoms with Crippen LogP contribution in [-0.4, -0.2) is 11.1 Å². The summed E-state index contributed by atoms with van der Waals surface area (Å²) in [5.41, 5.74) is 5.72. The van der Waals surface area contributed by atoms with Gasteiger partial charge in [0.15, 0.2) is 0 Å². The fourth-order valence-corrected chi connectivity index (χ4v) is 2.82. The lowest BCUT2D eigenvalue weighted by atomic mass is 9.96. The number of hydrogen-bond donors (Lipinski definition) is 1. The first-order valence-electron chi connectivity index (χ1n) is 9.19. The van der Waals surface area contributed by atoms with Gasteiger partial charge in [0, 0.05) is 5.57 Å². The maximum atomic E-state index is 11.8. The van der Waals surface area contributed by atoms with E-state index in [0.29, 0.717) is 5.57 Å². The predicted molar refractivity (Wildman–Crippen MR) is 106 cm³/mol. The van der Waals surface area contributed by atoms with E-state index in [9.17, 15) is 9.90 Å². The van der Waals surface area contributed by atoms with Crippen molar-refractivity contribution >= 4 is 5.97 Å². The fraction of sp³-hybridized carbons (Fsp3) is 0.348. The zero-order valence-corrected chi connectivity index (χ0v) is 15.8. The van der Waals surface area contributed by atoms with E-state index in [1.165, 1.54) is 18.4 Å². The van der Waals surface area contributed by atoms with Gasteiger partial charge in [0.2, 0.25) is 0 Å². The van der Waals surface area contributed by atoms with Crippen molar-refractivity contribution in [2.24, 2.45) is 0 Å². The minimum atomic E-state index is -0.359. The first-order valence-corrected chi connectivity index (χ1v) is 9.19. The SMILES string of the molecule is C=C(C)C(=O)OCc1cc(-c2ccc(CO)cc2)ccc1CCCCC. The lowest BCUT2D eigenvalue weighted by Gasteiger charge is -2.13. The highest BCUT2D eigenvalue weighted by Gasteiger charge is 2.10. The molecule has 2 aromatic rings. The largest absolute Gasteiger partial charge is 0.457 e. The van der Waals surface area contributed by atoms with Gasteiger partial charge in [-0.05, 0) is 53.6 Å². The van der Waals surface area contributed by atoms with Crippen molar-refractivity contribution in [3.63, 3.8) is 0 Å². The van der Waals surface area contributed by atoms with E-state index < -0.39 is 0 Å². The minimum absolute atomic E-state index is 0.0404. The highest BCUT2D eigenvalue weighted by atomic mass is 16.5. The number of carbonyl (C=O) groups is 1. The lowest BCUT2D eigenvalue weighted by molar-refractivity contribution is -0.140. The summed E-state index contributed by atoms with van der Waals surface area (Å²) in [6.45, 7) is 7.78. The molecule has 0 saturated carbocycles. The van der Waals surface area contributed by atoms with E-state index in [-0.39, 0.29) is 19.2 Å². The molecule has 2 aromatic carbocycles. The van der Waals surface area contributed by atoms with Gasteiger partial charge in [0.05, 0.1) is 6.61 Å². The van der Waals surface area contributed by atoms with E-state index in [1.807, 2.05) is 24.3 Å². The number of esters is 1. The average molecular weight is 352 g/mol. The van der Waals surface area contributed by atoms with Crippen molar-refractivity contribution in [2.75, 3.05) is 0 Å². The van der Waals surface area contributed by atoms with Crippen molar-refractivity contribution in [1.29, 1.82) is 0 Å². The Kier molecular flexibility index (Phi) is 7.61. The van der Waals surface area contributed by atoms with Crippen molar-refractivity contribution in [1.82, 2.24) is 0 Å². The Morgan fingerprint density at radius 2 is 1.73 bits per heavy atom. The second-order valence-electron chi connectivity index (χ2n) is 6.65. The molecule has 0 fully saturated rings. The Morgan fingerprint density at radius 1 is 1.04 bits per heavy atom. The lowest BCUT2D eigenvalue weighted by Crippen LogP contribution is -2.07. The summed E-state index contributed by atoms with van der Waals surface area (Å²) < 4.78 is 5.39. The van der Waals surface area contributed by atoms with Gasteiger partial charge in [0.25, 0.3) is 0 Å². The predicted octanol–water partition coefficient (Wildman–Crippen LogP) is 5.20. The van der Waals surface area contributed by atoms with Gasteiger partial charge in [0.1, 0.15) is 6.61 Å². The molecule has 0 saturated heterocycles. The molecule has 0 radical (unpaired) electrons. The highest BCUT2D eigenvalue weighted by Crippen LogP contribution is 2.25. The zero-order valence-electron chi connectivity index (χ0n) is 15.8. The Bertz CT molecular complexity index is 745. The molecule has 0 atom stereocenters. The number of unbranched alkanes of at least 4 members (excludes halogenated alkanes) is 2. The average Bonchev–Trinajstić information content (AvgIpc) is 2.66. The fourth-order valence-electron chi connectivity index (χ4n) is 2.82. The quantitative estimate of drug-likeness (QED) is 0.383. The van der Waals surface area contributed by atoms with Crippen molar-refractivity contribution in [3.8, 4) is 11.1 Å². The standard InChI is InChI=1S/C23H28O3/c1-4-5-6-7-19-12-13-21(20-10-8-18(15-24)9-11-20)14-22(19)16-26-23(25)17(2)3/h8-14,24H,2,4-7,15-16H2,1,3H3. The minimum Gasteiger partial charge on any atom is -0.457 e. The number of aliphatic hydroxyl groups is 1. The smallest absolute Gasteiger partial charge is 0.333 e. The third kappa shape index (κ3) is 5.57. The first-order chi connectivity index (χ1) is 12.5. The molecule has 0 aliphatic carbocycles. The van der Waals surface area contributed by atoms with E-state index in [2.05, 4.69) is 31.7 Å². The molecule has 0 heterocycles. The van der Waals surface area contributed by atoms with Gasteiger partial charge in [-0.1, -0.05) is 62.7 Å². The normalized spacial score (nSPS) is 10.6. The number of aliphatic hydroxyl groups excluding tert-OH is 1. The van der Waals surface area contributed by atoms with Crippen LogP contribution in [0.15, 0.2) is 54.6 Å². The van der Waals surface area contributed by atoms with E-state index in [1.54, 1.807) is 6.92 Å². The van der Waals surface area contributed by atoms with Crippen LogP contribution in [0.2, 0.25) is 0 Å². The Labute approximate surface area is 156 Å². The zero-order chi connectivity index (χ0) is 18.9. The van der Waals surface area contributed by atoms with Gasteiger partial charge in [-0.25, -0.2) is 4.79 Å². The maximum absolute atomic E-state index is 11.8. The van der Waals surface area contributed by atoms with Crippen molar-refractivity contribution in [2.45, 2.75) is 52.7 Å². The molecule has 3 nitrogen and oxygen atoms in total. The Balaban J connectivity index is 2.25. The molecule has 0 amide bonds. The number of ether oxygens (including phenoxy) is 1. The van der Waals surface area contributed by atoms with Gasteiger partial charge >= 0.3 is 5.97 Å². The molecule has 0 spiro atoms. The molecule has 0 bridgehead atoms. The molecular weight excluding hydrogens is 324 g/mol. The number of hydrogen-bond acceptors (Lipinski definition) is 3. The van der Waals surface area contributed by atoms with Gasteiger partial charge < -0.3 is 9.84 Å². The summed E-state index contributed by atoms with van der Waals surface area (Å²) in [6.07, 6.45) is 4.48. The van der Waals surface area contributed by atoms with Crippen LogP contribution in [0.1, 0.15) is 49.8 Å². The second-order valence-corrected chi connectivity index (χ2v) is 6.65. The molecule has 26 heavy (non-hydrogen) atoms. The molecule has 3 heteroatoms. The second kappa shape index (κ2) is 9.93. The molecule has 0 aliphatic heterocycles. The molecule has 2 rings (SSSR count). The third-order valence-corrected chi connectivity index (χ3v) is 4.43. The molecule has 138 valence electrons. The van der Waals surface area contributed by atoms with E-state index in [4.69, 9.17) is 4.74 Å². The van der Waals surface area contributed by atoms with E-state index in [0.717, 1.165) is 35.1 Å². The summed E-state index contributed by atoms with van der Waals surface area (Å²) >= 11 is 0. The van der Waals surface area contributed by atoms with Crippen LogP contribution >= 0.6 is 0 Å². The molecule has 1 N–H and O–H groups in total. The van der Waals surface area contributed by atoms with Crippen LogP contribution < -0.4 is 0 Å². The maximum Gasteiger partial charge on any atom is 0.333 e. The summed E-state index contributed by atoms with van der Waals surface area (Å²) in [4.78, 5) is 11.8. The number of carbonyl (C=O) groups excluding carboxylic acids is 1. The van der Waals surface area contributed by atoms with Crippen LogP contribution in [0.4, 0.5) is 0 Å². The van der Waals surface area contributed by atoms with Crippen LogP contribution in [0.25, 0.3) is 11.1 Å². The number of rotatable bonds is 9. The van der Waals surface area contributed by atoms with Crippen molar-refractivity contribution in [3.05, 3.63) is 71.3 Å². The third-order valence-electron chi connectivity index (χ3n) is 4.43. The number of aryl methyl sites for hydroxylation is 1. The highest BCUT2D eigenvalue weighted by molar-refractivity contribution is 5.86. The Morgan fingerprint density at radius 3 is 2.35 bits per heavy atom. The molecular formula is C23H28O3. The topological polar surface area (TPSA) is 46.5 Å². The molecule has 0 aromatic heterocycles. The summed E-state index contributed by atoms with van der Waals surface area (Å²) in [6, 6.07) is 14.2. The van der Waals surface area contributed by atoms with Gasteiger partial charge in [-0.3, -0.25) is 0 Å². The number of benzene rings is 2. The Hall–Kier alpha value is -2.39. The first kappa shape index (κ1) is 19.9. The molecule has 0 aliphatic rings. The van der Waals surface area contributed by atoms with Gasteiger partial charge in [-0.15, -0.1) is 0 Å². The van der Waals surface area contributed by atoms with Crippen LogP contribution in [0.3, 0.4) is 0 Å². The summed E-state index contributed by atoms with van der Waals surface area (Å²) in [7, 11) is 0. The summed E-state index contributed by atoms with van der Waals surface area (Å²) in [5.74, 6) is -0.359. The molecule has 0 unspecified atom stereocenters.